The normalized spacial score (nSPS) is 14.5. The third-order valence-corrected chi connectivity index (χ3v) is 2.84. The summed E-state index contributed by atoms with van der Waals surface area (Å²) < 4.78 is 1.93. The van der Waals surface area contributed by atoms with Crippen LogP contribution in [0, 0.1) is 0 Å². The molecule has 0 radical (unpaired) electrons. The molecule has 2 rings (SSSR count). The lowest BCUT2D eigenvalue weighted by Crippen LogP contribution is -2.24. The summed E-state index contributed by atoms with van der Waals surface area (Å²) in [6, 6.07) is 4.44. The largest absolute Gasteiger partial charge is 0.319 e. The lowest BCUT2D eigenvalue weighted by Gasteiger charge is -2.19. The Kier molecular flexibility index (Phi) is 3.49. The van der Waals surface area contributed by atoms with Crippen LogP contribution in [0.5, 0.6) is 0 Å². The van der Waals surface area contributed by atoms with Gasteiger partial charge in [0.05, 0.1) is 6.04 Å². The summed E-state index contributed by atoms with van der Waals surface area (Å²) >= 11 is 0. The van der Waals surface area contributed by atoms with E-state index in [2.05, 4.69) is 34.3 Å². The summed E-state index contributed by atoms with van der Waals surface area (Å²) in [4.78, 5) is 4.02. The molecule has 0 spiro atoms. The van der Waals surface area contributed by atoms with E-state index in [4.69, 9.17) is 0 Å². The van der Waals surface area contributed by atoms with Gasteiger partial charge in [-0.1, -0.05) is 0 Å². The maximum absolute atomic E-state index is 4.10. The highest BCUT2D eigenvalue weighted by molar-refractivity contribution is 5.14. The van der Waals surface area contributed by atoms with Crippen LogP contribution in [0.3, 0.4) is 0 Å². The number of pyridine rings is 1. The Morgan fingerprint density at radius 2 is 1.88 bits per heavy atom. The first-order valence-corrected chi connectivity index (χ1v) is 5.68. The van der Waals surface area contributed by atoms with Crippen LogP contribution in [0.15, 0.2) is 30.9 Å². The van der Waals surface area contributed by atoms with Crippen molar-refractivity contribution in [2.75, 3.05) is 0 Å². The average Bonchev–Trinajstić information content (AvgIpc) is 2.76. The molecule has 0 bridgehead atoms. The standard InChI is InChI=1S/C12H17N5/c1-9(11-4-6-13-7-5-11)15-10(2)12-16-14-8-17(12)3/h4-10,15H,1-3H3. The van der Waals surface area contributed by atoms with Crippen molar-refractivity contribution in [1.82, 2.24) is 25.1 Å². The van der Waals surface area contributed by atoms with Gasteiger partial charge in [0.15, 0.2) is 0 Å². The molecule has 0 aliphatic heterocycles. The van der Waals surface area contributed by atoms with Crippen LogP contribution in [0.25, 0.3) is 0 Å². The molecule has 5 heteroatoms. The molecule has 90 valence electrons. The topological polar surface area (TPSA) is 55.6 Å². The summed E-state index contributed by atoms with van der Waals surface area (Å²) in [6.07, 6.45) is 5.33. The fraction of sp³-hybridized carbons (Fsp3) is 0.417. The number of hydrogen-bond acceptors (Lipinski definition) is 4. The van der Waals surface area contributed by atoms with Crippen LogP contribution in [0.1, 0.15) is 37.3 Å². The Morgan fingerprint density at radius 3 is 2.47 bits per heavy atom. The van der Waals surface area contributed by atoms with Crippen molar-refractivity contribution in [1.29, 1.82) is 0 Å². The first kappa shape index (κ1) is 11.7. The van der Waals surface area contributed by atoms with Gasteiger partial charge in [0.2, 0.25) is 0 Å². The van der Waals surface area contributed by atoms with Crippen LogP contribution in [0.4, 0.5) is 0 Å². The van der Waals surface area contributed by atoms with Gasteiger partial charge in [-0.2, -0.15) is 0 Å². The molecule has 0 aliphatic rings. The third kappa shape index (κ3) is 2.68. The minimum Gasteiger partial charge on any atom is -0.319 e. The van der Waals surface area contributed by atoms with Crippen LogP contribution >= 0.6 is 0 Å². The first-order chi connectivity index (χ1) is 8.18. The lowest BCUT2D eigenvalue weighted by molar-refractivity contribution is 0.466. The van der Waals surface area contributed by atoms with E-state index >= 15 is 0 Å². The second-order valence-electron chi connectivity index (χ2n) is 4.19. The number of nitrogens with zero attached hydrogens (tertiary/aromatic N) is 4. The fourth-order valence-electron chi connectivity index (χ4n) is 1.88. The molecule has 0 saturated heterocycles. The average molecular weight is 231 g/mol. The van der Waals surface area contributed by atoms with Crippen molar-refractivity contribution >= 4 is 0 Å². The maximum Gasteiger partial charge on any atom is 0.149 e. The van der Waals surface area contributed by atoms with Crippen LogP contribution in [0.2, 0.25) is 0 Å². The minimum absolute atomic E-state index is 0.158. The highest BCUT2D eigenvalue weighted by atomic mass is 15.3. The summed E-state index contributed by atoms with van der Waals surface area (Å²) in [5.74, 6) is 0.936. The van der Waals surface area contributed by atoms with Crippen LogP contribution in [-0.2, 0) is 7.05 Å². The summed E-state index contributed by atoms with van der Waals surface area (Å²) in [5.41, 5.74) is 1.22. The molecule has 0 aliphatic carbocycles. The molecule has 2 heterocycles. The van der Waals surface area contributed by atoms with E-state index in [0.29, 0.717) is 0 Å². The fourth-order valence-corrected chi connectivity index (χ4v) is 1.88. The van der Waals surface area contributed by atoms with Gasteiger partial charge in [0.1, 0.15) is 12.2 Å². The first-order valence-electron chi connectivity index (χ1n) is 5.68. The number of aromatic nitrogens is 4. The number of nitrogens with one attached hydrogen (secondary N) is 1. The van der Waals surface area contributed by atoms with Crippen LogP contribution < -0.4 is 5.32 Å². The number of rotatable bonds is 4. The molecular weight excluding hydrogens is 214 g/mol. The lowest BCUT2D eigenvalue weighted by atomic mass is 10.1. The second kappa shape index (κ2) is 5.05. The Balaban J connectivity index is 2.05. The van der Waals surface area contributed by atoms with E-state index in [0.717, 1.165) is 5.82 Å². The SMILES string of the molecule is CC(NC(C)c1nncn1C)c1ccncc1. The highest BCUT2D eigenvalue weighted by Gasteiger charge is 2.14. The van der Waals surface area contributed by atoms with Crippen molar-refractivity contribution in [2.24, 2.45) is 7.05 Å². The molecular formula is C12H17N5. The van der Waals surface area contributed by atoms with Gasteiger partial charge in [0, 0.05) is 25.5 Å². The number of hydrogen-bond donors (Lipinski definition) is 1. The van der Waals surface area contributed by atoms with Gasteiger partial charge in [-0.15, -0.1) is 10.2 Å². The Morgan fingerprint density at radius 1 is 1.18 bits per heavy atom. The summed E-state index contributed by atoms with van der Waals surface area (Å²) in [5, 5.41) is 11.5. The molecule has 0 amide bonds. The predicted molar refractivity (Wildman–Crippen MR) is 65.2 cm³/mol. The smallest absolute Gasteiger partial charge is 0.149 e. The Hall–Kier alpha value is -1.75. The van der Waals surface area contributed by atoms with Gasteiger partial charge in [0.25, 0.3) is 0 Å². The van der Waals surface area contributed by atoms with Gasteiger partial charge >= 0.3 is 0 Å². The predicted octanol–water partition coefficient (Wildman–Crippen LogP) is 1.62. The van der Waals surface area contributed by atoms with Gasteiger partial charge in [-0.3, -0.25) is 4.98 Å². The Bertz CT molecular complexity index is 465. The zero-order valence-corrected chi connectivity index (χ0v) is 10.3. The van der Waals surface area contributed by atoms with E-state index in [1.54, 1.807) is 18.7 Å². The third-order valence-electron chi connectivity index (χ3n) is 2.84. The second-order valence-corrected chi connectivity index (χ2v) is 4.19. The van der Waals surface area contributed by atoms with Gasteiger partial charge < -0.3 is 9.88 Å². The molecule has 5 nitrogen and oxygen atoms in total. The monoisotopic (exact) mass is 231 g/mol. The van der Waals surface area contributed by atoms with Crippen molar-refractivity contribution in [3.8, 4) is 0 Å². The van der Waals surface area contributed by atoms with Gasteiger partial charge in [-0.25, -0.2) is 0 Å². The molecule has 2 aromatic heterocycles. The number of aryl methyl sites for hydroxylation is 1. The van der Waals surface area contributed by atoms with Crippen LogP contribution in [-0.4, -0.2) is 19.7 Å². The minimum atomic E-state index is 0.158. The molecule has 2 atom stereocenters. The van der Waals surface area contributed by atoms with Gasteiger partial charge in [-0.05, 0) is 31.5 Å². The quantitative estimate of drug-likeness (QED) is 0.868. The zero-order chi connectivity index (χ0) is 12.3. The molecule has 1 N–H and O–H groups in total. The van der Waals surface area contributed by atoms with E-state index in [-0.39, 0.29) is 12.1 Å². The molecule has 0 fully saturated rings. The molecule has 0 aromatic carbocycles. The maximum atomic E-state index is 4.10. The highest BCUT2D eigenvalue weighted by Crippen LogP contribution is 2.16. The van der Waals surface area contributed by atoms with Crippen molar-refractivity contribution in [2.45, 2.75) is 25.9 Å². The summed E-state index contributed by atoms with van der Waals surface area (Å²) in [6.45, 7) is 4.21. The summed E-state index contributed by atoms with van der Waals surface area (Å²) in [7, 11) is 1.95. The van der Waals surface area contributed by atoms with E-state index in [1.807, 2.05) is 23.7 Å². The van der Waals surface area contributed by atoms with Crippen molar-refractivity contribution in [3.05, 3.63) is 42.2 Å². The molecule has 17 heavy (non-hydrogen) atoms. The van der Waals surface area contributed by atoms with Crippen molar-refractivity contribution < 1.29 is 0 Å². The van der Waals surface area contributed by atoms with E-state index < -0.39 is 0 Å². The molecule has 2 aromatic rings. The molecule has 0 saturated carbocycles. The molecule has 2 unspecified atom stereocenters. The Labute approximate surface area is 101 Å². The zero-order valence-electron chi connectivity index (χ0n) is 10.3. The van der Waals surface area contributed by atoms with E-state index in [9.17, 15) is 0 Å². The van der Waals surface area contributed by atoms with E-state index in [1.165, 1.54) is 5.56 Å². The van der Waals surface area contributed by atoms with Crippen molar-refractivity contribution in [3.63, 3.8) is 0 Å².